The van der Waals surface area contributed by atoms with Crippen molar-refractivity contribution in [3.8, 4) is 5.75 Å². The van der Waals surface area contributed by atoms with Gasteiger partial charge in [-0.3, -0.25) is 14.3 Å². The quantitative estimate of drug-likeness (QED) is 0.817. The van der Waals surface area contributed by atoms with Gasteiger partial charge < -0.3 is 19.7 Å². The van der Waals surface area contributed by atoms with Crippen molar-refractivity contribution in [3.05, 3.63) is 46.1 Å². The number of rotatable bonds is 5. The molecule has 25 heavy (non-hydrogen) atoms. The third kappa shape index (κ3) is 3.58. The van der Waals surface area contributed by atoms with E-state index >= 15 is 0 Å². The molecule has 0 saturated carbocycles. The van der Waals surface area contributed by atoms with Crippen LogP contribution in [0, 0.1) is 6.92 Å². The zero-order valence-corrected chi connectivity index (χ0v) is 14.4. The highest BCUT2D eigenvalue weighted by molar-refractivity contribution is 5.76. The highest BCUT2D eigenvalue weighted by Crippen LogP contribution is 2.35. The average Bonchev–Trinajstić information content (AvgIpc) is 3.18. The van der Waals surface area contributed by atoms with Gasteiger partial charge in [-0.25, -0.2) is 0 Å². The minimum atomic E-state index is -0.571. The Morgan fingerprint density at radius 1 is 1.48 bits per heavy atom. The van der Waals surface area contributed by atoms with Crippen LogP contribution in [-0.2, 0) is 28.7 Å². The van der Waals surface area contributed by atoms with E-state index in [0.29, 0.717) is 18.8 Å². The average molecular weight is 346 g/mol. The fourth-order valence-corrected chi connectivity index (χ4v) is 3.18. The van der Waals surface area contributed by atoms with Crippen molar-refractivity contribution in [2.24, 2.45) is 7.05 Å². The maximum absolute atomic E-state index is 12.3. The predicted molar refractivity (Wildman–Crippen MR) is 90.2 cm³/mol. The van der Waals surface area contributed by atoms with Crippen LogP contribution in [0.25, 0.3) is 0 Å². The monoisotopic (exact) mass is 346 g/mol. The number of ether oxygens (including phenoxy) is 1. The van der Waals surface area contributed by atoms with Crippen LogP contribution in [0.2, 0.25) is 0 Å². The Kier molecular flexibility index (Phi) is 4.63. The smallest absolute Gasteiger partial charge is 0.254 e. The Labute approximate surface area is 145 Å². The van der Waals surface area contributed by atoms with Crippen LogP contribution in [0.3, 0.4) is 0 Å². The summed E-state index contributed by atoms with van der Waals surface area (Å²) in [5.41, 5.74) is 0.482. The number of carbonyl (C=O) groups is 1. The fraction of sp³-hybridized carbons (Fsp3) is 0.471. The van der Waals surface area contributed by atoms with E-state index in [2.05, 4.69) is 10.4 Å². The van der Waals surface area contributed by atoms with Crippen molar-refractivity contribution in [1.29, 1.82) is 0 Å². The van der Waals surface area contributed by atoms with Crippen molar-refractivity contribution < 1.29 is 14.6 Å². The number of hydrogen-bond acceptors (Lipinski definition) is 5. The van der Waals surface area contributed by atoms with Gasteiger partial charge in [0.15, 0.2) is 0 Å². The standard InChI is InChI=1S/C17H22N4O4/c1-12-6-14(22)7-16(24)21(12)10-15(23)18-11-17(4-3-5-25-17)13-8-19-20(2)9-13/h6-9,22H,3-5,10-11H2,1-2H3,(H,18,23). The van der Waals surface area contributed by atoms with Gasteiger partial charge in [0.1, 0.15) is 17.9 Å². The summed E-state index contributed by atoms with van der Waals surface area (Å²) in [6.45, 7) is 2.53. The Balaban J connectivity index is 1.70. The van der Waals surface area contributed by atoms with Gasteiger partial charge in [0.25, 0.3) is 5.56 Å². The van der Waals surface area contributed by atoms with Gasteiger partial charge >= 0.3 is 0 Å². The summed E-state index contributed by atoms with van der Waals surface area (Å²) in [7, 11) is 1.84. The number of amides is 1. The molecule has 0 radical (unpaired) electrons. The van der Waals surface area contributed by atoms with Gasteiger partial charge in [-0.15, -0.1) is 0 Å². The second-order valence-electron chi connectivity index (χ2n) is 6.41. The highest BCUT2D eigenvalue weighted by atomic mass is 16.5. The molecule has 3 rings (SSSR count). The maximum Gasteiger partial charge on any atom is 0.254 e. The minimum Gasteiger partial charge on any atom is -0.508 e. The predicted octanol–water partition coefficient (Wildman–Crippen LogP) is 0.418. The molecule has 0 aromatic carbocycles. The van der Waals surface area contributed by atoms with Crippen molar-refractivity contribution in [2.75, 3.05) is 13.2 Å². The lowest BCUT2D eigenvalue weighted by Gasteiger charge is -2.27. The molecule has 8 heteroatoms. The van der Waals surface area contributed by atoms with Gasteiger partial charge in [-0.05, 0) is 25.8 Å². The molecule has 1 aliphatic heterocycles. The fourth-order valence-electron chi connectivity index (χ4n) is 3.18. The number of aryl methyl sites for hydroxylation is 2. The second kappa shape index (κ2) is 6.72. The van der Waals surface area contributed by atoms with Gasteiger partial charge in [0.05, 0.1) is 12.7 Å². The molecule has 2 aromatic rings. The topological polar surface area (TPSA) is 98.4 Å². The van der Waals surface area contributed by atoms with Crippen LogP contribution >= 0.6 is 0 Å². The first-order valence-corrected chi connectivity index (χ1v) is 8.20. The second-order valence-corrected chi connectivity index (χ2v) is 6.41. The number of nitrogens with one attached hydrogen (secondary N) is 1. The van der Waals surface area contributed by atoms with Crippen molar-refractivity contribution in [3.63, 3.8) is 0 Å². The normalized spacial score (nSPS) is 19.9. The molecule has 2 N–H and O–H groups in total. The Morgan fingerprint density at radius 3 is 2.88 bits per heavy atom. The Morgan fingerprint density at radius 2 is 2.28 bits per heavy atom. The van der Waals surface area contributed by atoms with E-state index in [9.17, 15) is 14.7 Å². The van der Waals surface area contributed by atoms with Crippen LogP contribution in [0.15, 0.2) is 29.3 Å². The van der Waals surface area contributed by atoms with E-state index in [1.165, 1.54) is 10.6 Å². The molecule has 1 unspecified atom stereocenters. The molecule has 2 aromatic heterocycles. The molecular formula is C17H22N4O4. The molecule has 3 heterocycles. The highest BCUT2D eigenvalue weighted by Gasteiger charge is 2.38. The summed E-state index contributed by atoms with van der Waals surface area (Å²) < 4.78 is 8.96. The van der Waals surface area contributed by atoms with Crippen LogP contribution < -0.4 is 10.9 Å². The third-order valence-electron chi connectivity index (χ3n) is 4.53. The van der Waals surface area contributed by atoms with Crippen LogP contribution in [0.5, 0.6) is 5.75 Å². The first-order chi connectivity index (χ1) is 11.9. The molecule has 1 atom stereocenters. The van der Waals surface area contributed by atoms with Crippen molar-refractivity contribution >= 4 is 5.91 Å². The van der Waals surface area contributed by atoms with Crippen molar-refractivity contribution in [2.45, 2.75) is 31.9 Å². The SMILES string of the molecule is Cc1cc(O)cc(=O)n1CC(=O)NCC1(c2cnn(C)c2)CCCO1. The molecule has 1 amide bonds. The maximum atomic E-state index is 12.3. The summed E-state index contributed by atoms with van der Waals surface area (Å²) >= 11 is 0. The molecular weight excluding hydrogens is 324 g/mol. The number of carbonyl (C=O) groups excluding carboxylic acids is 1. The van der Waals surface area contributed by atoms with Crippen LogP contribution in [0.1, 0.15) is 24.1 Å². The zero-order chi connectivity index (χ0) is 18.0. The van der Waals surface area contributed by atoms with E-state index in [0.717, 1.165) is 24.5 Å². The minimum absolute atomic E-state index is 0.103. The summed E-state index contributed by atoms with van der Waals surface area (Å²) in [5.74, 6) is -0.385. The van der Waals surface area contributed by atoms with Gasteiger partial charge in [-0.2, -0.15) is 5.10 Å². The summed E-state index contributed by atoms with van der Waals surface area (Å²) in [6, 6.07) is 2.55. The molecule has 0 bridgehead atoms. The number of nitrogens with zero attached hydrogens (tertiary/aromatic N) is 3. The van der Waals surface area contributed by atoms with Gasteiger partial charge in [0.2, 0.25) is 5.91 Å². The zero-order valence-electron chi connectivity index (χ0n) is 14.4. The summed E-state index contributed by atoms with van der Waals surface area (Å²) in [4.78, 5) is 24.3. The summed E-state index contributed by atoms with van der Waals surface area (Å²) in [6.07, 6.45) is 5.37. The van der Waals surface area contributed by atoms with E-state index in [1.807, 2.05) is 13.2 Å². The molecule has 1 saturated heterocycles. The molecule has 1 aliphatic rings. The van der Waals surface area contributed by atoms with E-state index < -0.39 is 11.2 Å². The molecule has 134 valence electrons. The molecule has 0 spiro atoms. The third-order valence-corrected chi connectivity index (χ3v) is 4.53. The lowest BCUT2D eigenvalue weighted by molar-refractivity contribution is -0.123. The van der Waals surface area contributed by atoms with E-state index in [1.54, 1.807) is 17.8 Å². The lowest BCUT2D eigenvalue weighted by Crippen LogP contribution is -2.42. The number of hydrogen-bond donors (Lipinski definition) is 2. The Bertz CT molecular complexity index is 833. The number of aromatic hydroxyl groups is 1. The lowest BCUT2D eigenvalue weighted by atomic mass is 9.93. The molecule has 8 nitrogen and oxygen atoms in total. The van der Waals surface area contributed by atoms with Crippen LogP contribution in [0.4, 0.5) is 0 Å². The molecule has 1 fully saturated rings. The Hall–Kier alpha value is -2.61. The van der Waals surface area contributed by atoms with Crippen LogP contribution in [-0.4, -0.2) is 38.5 Å². The van der Waals surface area contributed by atoms with Gasteiger partial charge in [-0.1, -0.05) is 0 Å². The molecule has 0 aliphatic carbocycles. The largest absolute Gasteiger partial charge is 0.508 e. The van der Waals surface area contributed by atoms with E-state index in [4.69, 9.17) is 4.74 Å². The van der Waals surface area contributed by atoms with E-state index in [-0.39, 0.29) is 18.2 Å². The first kappa shape index (κ1) is 17.2. The van der Waals surface area contributed by atoms with Crippen molar-refractivity contribution in [1.82, 2.24) is 19.7 Å². The van der Waals surface area contributed by atoms with Gasteiger partial charge in [0, 0.05) is 37.2 Å². The first-order valence-electron chi connectivity index (χ1n) is 8.20. The number of aromatic nitrogens is 3. The summed E-state index contributed by atoms with van der Waals surface area (Å²) in [5, 5.41) is 16.5. The number of pyridine rings is 1.